The standard InChI is InChI=1S/C14H16N4O2/c1-20-12-4-2-3-10(7-12)14(19)17-11-5-6-13-15-9-16-18(13)8-11/h2-4,7,9,11H,5-6,8H2,1H3,(H,17,19). The molecule has 6 heteroatoms. The van der Waals surface area contributed by atoms with Crippen molar-refractivity contribution in [3.05, 3.63) is 42.0 Å². The molecular weight excluding hydrogens is 256 g/mol. The summed E-state index contributed by atoms with van der Waals surface area (Å²) < 4.78 is 6.98. The fourth-order valence-electron chi connectivity index (χ4n) is 2.39. The number of aromatic nitrogens is 3. The van der Waals surface area contributed by atoms with Crippen LogP contribution in [0.1, 0.15) is 22.6 Å². The van der Waals surface area contributed by atoms with Crippen LogP contribution in [0, 0.1) is 0 Å². The number of nitrogens with one attached hydrogen (secondary N) is 1. The third-order valence-corrected chi connectivity index (χ3v) is 3.47. The van der Waals surface area contributed by atoms with Crippen molar-refractivity contribution in [1.29, 1.82) is 0 Å². The van der Waals surface area contributed by atoms with Crippen molar-refractivity contribution >= 4 is 5.91 Å². The number of ether oxygens (including phenoxy) is 1. The summed E-state index contributed by atoms with van der Waals surface area (Å²) >= 11 is 0. The Kier molecular flexibility index (Phi) is 3.37. The maximum Gasteiger partial charge on any atom is 0.251 e. The second kappa shape index (κ2) is 5.32. The van der Waals surface area contributed by atoms with Crippen molar-refractivity contribution in [3.63, 3.8) is 0 Å². The van der Waals surface area contributed by atoms with Gasteiger partial charge in [-0.2, -0.15) is 5.10 Å². The predicted octanol–water partition coefficient (Wildman–Crippen LogP) is 1.03. The SMILES string of the molecule is COc1cccc(C(=O)NC2CCc3ncnn3C2)c1. The van der Waals surface area contributed by atoms with Crippen LogP contribution < -0.4 is 10.1 Å². The largest absolute Gasteiger partial charge is 0.497 e. The maximum atomic E-state index is 12.2. The lowest BCUT2D eigenvalue weighted by atomic mass is 10.1. The smallest absolute Gasteiger partial charge is 0.251 e. The highest BCUT2D eigenvalue weighted by Gasteiger charge is 2.21. The van der Waals surface area contributed by atoms with Gasteiger partial charge in [0.1, 0.15) is 17.9 Å². The van der Waals surface area contributed by atoms with E-state index in [0.717, 1.165) is 18.7 Å². The Morgan fingerprint density at radius 3 is 3.25 bits per heavy atom. The minimum Gasteiger partial charge on any atom is -0.497 e. The van der Waals surface area contributed by atoms with Gasteiger partial charge in [-0.1, -0.05) is 6.07 Å². The second-order valence-corrected chi connectivity index (χ2v) is 4.80. The molecule has 1 aromatic heterocycles. The quantitative estimate of drug-likeness (QED) is 0.906. The number of methoxy groups -OCH3 is 1. The number of fused-ring (bicyclic) bond motifs is 1. The van der Waals surface area contributed by atoms with E-state index in [1.54, 1.807) is 25.6 Å². The molecule has 1 atom stereocenters. The van der Waals surface area contributed by atoms with Crippen LogP contribution >= 0.6 is 0 Å². The maximum absolute atomic E-state index is 12.2. The number of benzene rings is 1. The number of carbonyl (C=O) groups excluding carboxylic acids is 1. The number of nitrogens with zero attached hydrogens (tertiary/aromatic N) is 3. The summed E-state index contributed by atoms with van der Waals surface area (Å²) in [6.07, 6.45) is 3.28. The van der Waals surface area contributed by atoms with Gasteiger partial charge in [-0.15, -0.1) is 0 Å². The highest BCUT2D eigenvalue weighted by atomic mass is 16.5. The van der Waals surface area contributed by atoms with E-state index in [4.69, 9.17) is 4.74 Å². The molecule has 0 fully saturated rings. The number of hydrogen-bond acceptors (Lipinski definition) is 4. The van der Waals surface area contributed by atoms with Crippen LogP contribution in [0.3, 0.4) is 0 Å². The molecule has 1 aliphatic rings. The molecule has 6 nitrogen and oxygen atoms in total. The summed E-state index contributed by atoms with van der Waals surface area (Å²) in [6, 6.07) is 7.23. The molecule has 20 heavy (non-hydrogen) atoms. The summed E-state index contributed by atoms with van der Waals surface area (Å²) in [6.45, 7) is 0.672. The second-order valence-electron chi connectivity index (χ2n) is 4.80. The highest BCUT2D eigenvalue weighted by molar-refractivity contribution is 5.94. The zero-order valence-electron chi connectivity index (χ0n) is 11.2. The summed E-state index contributed by atoms with van der Waals surface area (Å²) in [4.78, 5) is 16.4. The molecule has 1 N–H and O–H groups in total. The zero-order chi connectivity index (χ0) is 13.9. The van der Waals surface area contributed by atoms with Gasteiger partial charge in [0, 0.05) is 18.0 Å². The van der Waals surface area contributed by atoms with E-state index in [9.17, 15) is 4.79 Å². The van der Waals surface area contributed by atoms with Crippen molar-refractivity contribution in [3.8, 4) is 5.75 Å². The first-order valence-electron chi connectivity index (χ1n) is 6.58. The summed E-state index contributed by atoms with van der Waals surface area (Å²) in [7, 11) is 1.59. The first kappa shape index (κ1) is 12.7. The van der Waals surface area contributed by atoms with Gasteiger partial charge < -0.3 is 10.1 Å². The Bertz CT molecular complexity index is 623. The van der Waals surface area contributed by atoms with Gasteiger partial charge in [0.05, 0.1) is 13.7 Å². The molecule has 104 valence electrons. The minimum atomic E-state index is -0.0857. The van der Waals surface area contributed by atoms with Gasteiger partial charge >= 0.3 is 0 Å². The van der Waals surface area contributed by atoms with Gasteiger partial charge in [0.2, 0.25) is 0 Å². The topological polar surface area (TPSA) is 69.0 Å². The number of rotatable bonds is 3. The van der Waals surface area contributed by atoms with E-state index in [0.29, 0.717) is 17.9 Å². The zero-order valence-corrected chi connectivity index (χ0v) is 11.2. The lowest BCUT2D eigenvalue weighted by Gasteiger charge is -2.23. The van der Waals surface area contributed by atoms with Crippen molar-refractivity contribution in [2.45, 2.75) is 25.4 Å². The Hall–Kier alpha value is -2.37. The lowest BCUT2D eigenvalue weighted by molar-refractivity contribution is 0.0926. The van der Waals surface area contributed by atoms with Crippen LogP contribution in [-0.2, 0) is 13.0 Å². The average molecular weight is 272 g/mol. The molecule has 1 amide bonds. The molecule has 2 heterocycles. The van der Waals surface area contributed by atoms with Gasteiger partial charge in [-0.3, -0.25) is 4.79 Å². The van der Waals surface area contributed by atoms with E-state index in [2.05, 4.69) is 15.4 Å². The average Bonchev–Trinajstić information content (AvgIpc) is 2.95. The van der Waals surface area contributed by atoms with Crippen molar-refractivity contribution in [2.24, 2.45) is 0 Å². The van der Waals surface area contributed by atoms with Crippen LogP contribution in [-0.4, -0.2) is 33.8 Å². The summed E-state index contributed by atoms with van der Waals surface area (Å²) in [5, 5.41) is 7.18. The monoisotopic (exact) mass is 272 g/mol. The Balaban J connectivity index is 1.67. The van der Waals surface area contributed by atoms with E-state index < -0.39 is 0 Å². The lowest BCUT2D eigenvalue weighted by Crippen LogP contribution is -2.41. The molecule has 1 unspecified atom stereocenters. The Morgan fingerprint density at radius 1 is 1.50 bits per heavy atom. The third-order valence-electron chi connectivity index (χ3n) is 3.47. The number of carbonyl (C=O) groups is 1. The van der Waals surface area contributed by atoms with Crippen LogP contribution in [0.15, 0.2) is 30.6 Å². The number of aryl methyl sites for hydroxylation is 1. The molecular formula is C14H16N4O2. The molecule has 0 spiro atoms. The fourth-order valence-corrected chi connectivity index (χ4v) is 2.39. The highest BCUT2D eigenvalue weighted by Crippen LogP contribution is 2.15. The molecule has 0 aliphatic carbocycles. The molecule has 0 saturated carbocycles. The van der Waals surface area contributed by atoms with Gasteiger partial charge in [-0.05, 0) is 24.6 Å². The van der Waals surface area contributed by atoms with Crippen LogP contribution in [0.2, 0.25) is 0 Å². The van der Waals surface area contributed by atoms with Crippen molar-refractivity contribution < 1.29 is 9.53 Å². The predicted molar refractivity (Wildman–Crippen MR) is 72.6 cm³/mol. The van der Waals surface area contributed by atoms with Gasteiger partial charge in [0.25, 0.3) is 5.91 Å². The number of hydrogen-bond donors (Lipinski definition) is 1. The van der Waals surface area contributed by atoms with E-state index >= 15 is 0 Å². The first-order valence-corrected chi connectivity index (χ1v) is 6.58. The molecule has 3 rings (SSSR count). The Morgan fingerprint density at radius 2 is 2.40 bits per heavy atom. The van der Waals surface area contributed by atoms with Crippen LogP contribution in [0.25, 0.3) is 0 Å². The summed E-state index contributed by atoms with van der Waals surface area (Å²) in [5.41, 5.74) is 0.605. The molecule has 1 aromatic carbocycles. The molecule has 0 saturated heterocycles. The molecule has 2 aromatic rings. The third kappa shape index (κ3) is 2.49. The first-order chi connectivity index (χ1) is 9.76. The molecule has 0 bridgehead atoms. The van der Waals surface area contributed by atoms with E-state index in [-0.39, 0.29) is 11.9 Å². The van der Waals surface area contributed by atoms with Gasteiger partial charge in [0.15, 0.2) is 0 Å². The van der Waals surface area contributed by atoms with E-state index in [1.807, 2.05) is 16.8 Å². The van der Waals surface area contributed by atoms with E-state index in [1.165, 1.54) is 0 Å². The molecule has 0 radical (unpaired) electrons. The Labute approximate surface area is 116 Å². The molecule has 1 aliphatic heterocycles. The summed E-state index contributed by atoms with van der Waals surface area (Å²) in [5.74, 6) is 1.58. The van der Waals surface area contributed by atoms with Crippen molar-refractivity contribution in [2.75, 3.05) is 7.11 Å². The normalized spacial score (nSPS) is 17.4. The number of amides is 1. The van der Waals surface area contributed by atoms with Crippen LogP contribution in [0.5, 0.6) is 5.75 Å². The van der Waals surface area contributed by atoms with Gasteiger partial charge in [-0.25, -0.2) is 9.67 Å². The fraction of sp³-hybridized carbons (Fsp3) is 0.357. The van der Waals surface area contributed by atoms with Crippen LogP contribution in [0.4, 0.5) is 0 Å². The van der Waals surface area contributed by atoms with Crippen molar-refractivity contribution in [1.82, 2.24) is 20.1 Å². The minimum absolute atomic E-state index is 0.0857.